The number of carbonyl (C=O) groups is 3. The van der Waals surface area contributed by atoms with Crippen molar-refractivity contribution in [3.63, 3.8) is 0 Å². The maximum Gasteiger partial charge on any atom is 0.481 e. The molecule has 2 unspecified atom stereocenters. The Kier molecular flexibility index (Phi) is 25.0. The van der Waals surface area contributed by atoms with Crippen LogP contribution in [0.1, 0.15) is 110 Å². The standard InChI is InChI=1S/C40H70N7O21P3S/c1-25-26(48)20-27(49)39(65-25)62-18-13-11-9-7-5-4-6-8-10-12-14-30(51)72-19-17-42-29(50)15-16-43-37(54)34(53)40(2,3)22-64-71(60,61)68-70(58,59)63-21-28-33(67-69(55,56)57)32(52)38(66-28)47-24-46-31-35(41)44-23-45-36(31)47/h23-28,32-34,38-39,48-49,52-53H,4-22H2,1-3H3,(H,42,50)(H,43,54)(H,58,59)(H,60,61)(H2,41,44,45)(H2,55,56,57)/t25-,26+,27+,28+,32+,33+,34-,38+,39+/m0/s1. The molecule has 72 heavy (non-hydrogen) atoms. The maximum atomic E-state index is 12.8. The first-order valence-corrected chi connectivity index (χ1v) is 29.0. The van der Waals surface area contributed by atoms with Gasteiger partial charge < -0.3 is 70.6 Å². The number of nitrogen functional groups attached to an aromatic ring is 1. The van der Waals surface area contributed by atoms with Gasteiger partial charge in [-0.15, -0.1) is 0 Å². The Morgan fingerprint density at radius 1 is 0.875 bits per heavy atom. The molecule has 11 atom stereocenters. The van der Waals surface area contributed by atoms with Gasteiger partial charge in [-0.1, -0.05) is 77.0 Å². The lowest BCUT2D eigenvalue weighted by molar-refractivity contribution is -0.261. The number of rotatable bonds is 33. The van der Waals surface area contributed by atoms with E-state index >= 15 is 0 Å². The van der Waals surface area contributed by atoms with Crippen molar-refractivity contribution in [1.29, 1.82) is 0 Å². The first kappa shape index (κ1) is 61.9. The molecule has 0 bridgehead atoms. The van der Waals surface area contributed by atoms with E-state index in [2.05, 4.69) is 34.4 Å². The summed E-state index contributed by atoms with van der Waals surface area (Å²) in [6, 6.07) is 0. The average molecular weight is 1110 g/mol. The minimum atomic E-state index is -5.59. The molecule has 0 radical (unpaired) electrons. The molecule has 0 saturated carbocycles. The minimum Gasteiger partial charge on any atom is -0.390 e. The summed E-state index contributed by atoms with van der Waals surface area (Å²) in [4.78, 5) is 88.5. The fraction of sp³-hybridized carbons (Fsp3) is 0.800. The van der Waals surface area contributed by atoms with E-state index in [4.69, 9.17) is 29.0 Å². The summed E-state index contributed by atoms with van der Waals surface area (Å²) in [6.07, 6.45) is 1.47. The molecular formula is C40H70N7O21P3S. The number of thioether (sulfide) groups is 1. The molecule has 2 aliphatic rings. The van der Waals surface area contributed by atoms with Gasteiger partial charge >= 0.3 is 23.5 Å². The summed E-state index contributed by atoms with van der Waals surface area (Å²) in [5.41, 5.74) is 4.26. The average Bonchev–Trinajstić information content (AvgIpc) is 3.86. The molecule has 2 fully saturated rings. The number of phosphoric ester groups is 3. The lowest BCUT2D eigenvalue weighted by Crippen LogP contribution is -2.47. The molecule has 412 valence electrons. The second-order valence-corrected chi connectivity index (χ2v) is 23.4. The highest BCUT2D eigenvalue weighted by Gasteiger charge is 2.50. The van der Waals surface area contributed by atoms with E-state index in [-0.39, 0.29) is 54.1 Å². The van der Waals surface area contributed by atoms with E-state index in [0.717, 1.165) is 93.2 Å². The molecule has 12 N–H and O–H groups in total. The molecule has 0 aliphatic carbocycles. The number of aromatic nitrogens is 4. The number of unbranched alkanes of at least 4 members (excludes halogenated alkanes) is 9. The Morgan fingerprint density at radius 3 is 2.18 bits per heavy atom. The van der Waals surface area contributed by atoms with Gasteiger partial charge in [0.1, 0.15) is 42.4 Å². The Hall–Kier alpha value is -2.60. The molecule has 28 nitrogen and oxygen atoms in total. The number of ether oxygens (including phenoxy) is 3. The van der Waals surface area contributed by atoms with Gasteiger partial charge in [0.2, 0.25) is 11.8 Å². The summed E-state index contributed by atoms with van der Waals surface area (Å²) in [6.45, 7) is 2.75. The monoisotopic (exact) mass is 1110 g/mol. The van der Waals surface area contributed by atoms with Crippen LogP contribution in [-0.2, 0) is 60.2 Å². The van der Waals surface area contributed by atoms with Crippen LogP contribution in [0.2, 0.25) is 0 Å². The smallest absolute Gasteiger partial charge is 0.390 e. The third kappa shape index (κ3) is 20.8. The summed E-state index contributed by atoms with van der Waals surface area (Å²) < 4.78 is 73.6. The first-order chi connectivity index (χ1) is 33.8. The number of carbonyl (C=O) groups excluding carboxylic acids is 3. The molecule has 4 rings (SSSR count). The molecule has 2 amide bonds. The highest BCUT2D eigenvalue weighted by atomic mass is 32.2. The summed E-state index contributed by atoms with van der Waals surface area (Å²) in [7, 11) is -16.4. The SMILES string of the molecule is C[C@@H]1O[C@@H](OCCCCCCCCCCCCC(=O)SCCNC(=O)CCNC(=O)[C@H](O)C(C)(C)COP(=O)(O)OP(=O)(O)OC[C@H]2O[C@@H](n3cnc4c(N)ncnc43)[C@H](O)[C@@H]2OP(=O)(O)O)[C@H](O)C[C@H]1O. The van der Waals surface area contributed by atoms with E-state index < -0.39 is 103 Å². The van der Waals surface area contributed by atoms with Crippen molar-refractivity contribution < 1.29 is 100 Å². The maximum absolute atomic E-state index is 12.8. The van der Waals surface area contributed by atoms with Crippen LogP contribution in [0, 0.1) is 5.41 Å². The van der Waals surface area contributed by atoms with Crippen LogP contribution in [0.4, 0.5) is 5.82 Å². The van der Waals surface area contributed by atoms with Gasteiger partial charge in [0.15, 0.2) is 29.1 Å². The summed E-state index contributed by atoms with van der Waals surface area (Å²) >= 11 is 1.12. The van der Waals surface area contributed by atoms with E-state index in [9.17, 15) is 68.1 Å². The van der Waals surface area contributed by atoms with Gasteiger partial charge in [0.05, 0.1) is 31.7 Å². The molecule has 0 aromatic carbocycles. The van der Waals surface area contributed by atoms with Gasteiger partial charge in [-0.25, -0.2) is 28.6 Å². The fourth-order valence-corrected chi connectivity index (χ4v) is 11.0. The van der Waals surface area contributed by atoms with E-state index in [1.807, 2.05) is 0 Å². The fourth-order valence-electron chi connectivity index (χ4n) is 7.45. The summed E-state index contributed by atoms with van der Waals surface area (Å²) in [5.74, 6) is -1.10. The highest BCUT2D eigenvalue weighted by Crippen LogP contribution is 2.61. The Balaban J connectivity index is 1.03. The number of amides is 2. The number of aliphatic hydroxyl groups is 4. The van der Waals surface area contributed by atoms with Crippen LogP contribution >= 0.6 is 35.2 Å². The van der Waals surface area contributed by atoms with Crippen LogP contribution in [-0.4, -0.2) is 164 Å². The van der Waals surface area contributed by atoms with E-state index in [1.165, 1.54) is 13.8 Å². The number of nitrogens with zero attached hydrogens (tertiary/aromatic N) is 4. The molecule has 2 aromatic rings. The zero-order chi connectivity index (χ0) is 53.3. The second kappa shape index (κ2) is 29.1. The molecule has 2 aliphatic heterocycles. The van der Waals surface area contributed by atoms with Gasteiger partial charge in [0.25, 0.3) is 0 Å². The number of hydrogen-bond donors (Lipinski definition) is 11. The molecule has 4 heterocycles. The molecule has 2 saturated heterocycles. The number of anilines is 1. The Morgan fingerprint density at radius 2 is 1.51 bits per heavy atom. The lowest BCUT2D eigenvalue weighted by Gasteiger charge is -2.35. The third-order valence-electron chi connectivity index (χ3n) is 11.5. The van der Waals surface area contributed by atoms with Crippen molar-refractivity contribution in [3.05, 3.63) is 12.7 Å². The Labute approximate surface area is 420 Å². The van der Waals surface area contributed by atoms with Crippen LogP contribution in [0.15, 0.2) is 12.7 Å². The Bertz CT molecular complexity index is 2190. The number of nitrogens with one attached hydrogen (secondary N) is 2. The van der Waals surface area contributed by atoms with Gasteiger partial charge in [-0.05, 0) is 19.8 Å². The molecule has 32 heteroatoms. The van der Waals surface area contributed by atoms with Crippen molar-refractivity contribution in [2.75, 3.05) is 44.4 Å². The zero-order valence-corrected chi connectivity index (χ0v) is 43.8. The third-order valence-corrected chi connectivity index (χ3v) is 15.5. The van der Waals surface area contributed by atoms with Gasteiger partial charge in [0, 0.05) is 50.1 Å². The second-order valence-electron chi connectivity index (χ2n) is 18.0. The number of nitrogens with two attached hydrogens (primary N) is 1. The topological polar surface area (TPSA) is 423 Å². The molecule has 2 aromatic heterocycles. The van der Waals surface area contributed by atoms with Crippen LogP contribution in [0.25, 0.3) is 11.2 Å². The number of phosphoric acid groups is 3. The van der Waals surface area contributed by atoms with Crippen molar-refractivity contribution >= 4 is 69.1 Å². The number of fused-ring (bicyclic) bond motifs is 1. The predicted molar refractivity (Wildman–Crippen MR) is 255 cm³/mol. The van der Waals surface area contributed by atoms with Crippen molar-refractivity contribution in [2.24, 2.45) is 5.41 Å². The largest absolute Gasteiger partial charge is 0.481 e. The van der Waals surface area contributed by atoms with Crippen LogP contribution < -0.4 is 16.4 Å². The number of aliphatic hydroxyl groups excluding tert-OH is 4. The van der Waals surface area contributed by atoms with Gasteiger partial charge in [-0.2, -0.15) is 4.31 Å². The highest BCUT2D eigenvalue weighted by molar-refractivity contribution is 8.13. The molecule has 0 spiro atoms. The van der Waals surface area contributed by atoms with Gasteiger partial charge in [-0.3, -0.25) is 32.5 Å². The van der Waals surface area contributed by atoms with Crippen LogP contribution in [0.5, 0.6) is 0 Å². The lowest BCUT2D eigenvalue weighted by atomic mass is 9.87. The predicted octanol–water partition coefficient (Wildman–Crippen LogP) is 1.83. The zero-order valence-electron chi connectivity index (χ0n) is 40.3. The van der Waals surface area contributed by atoms with Crippen molar-refractivity contribution in [2.45, 2.75) is 159 Å². The van der Waals surface area contributed by atoms with E-state index in [0.29, 0.717) is 18.8 Å². The quantitative estimate of drug-likeness (QED) is 0.0359. The normalized spacial score (nSPS) is 24.9. The van der Waals surface area contributed by atoms with E-state index in [1.54, 1.807) is 6.92 Å². The first-order valence-electron chi connectivity index (χ1n) is 23.5. The van der Waals surface area contributed by atoms with Crippen LogP contribution in [0.3, 0.4) is 0 Å². The van der Waals surface area contributed by atoms with Crippen molar-refractivity contribution in [3.8, 4) is 0 Å². The number of hydrogen-bond acceptors (Lipinski definition) is 22. The molecular weight excluding hydrogens is 1040 g/mol. The summed E-state index contributed by atoms with van der Waals surface area (Å²) in [5, 5.41) is 46.4. The van der Waals surface area contributed by atoms with Crippen molar-refractivity contribution in [1.82, 2.24) is 30.2 Å². The minimum absolute atomic E-state index is 0.0268. The number of imidazole rings is 1.